The van der Waals surface area contributed by atoms with Gasteiger partial charge in [-0.2, -0.15) is 0 Å². The van der Waals surface area contributed by atoms with Gasteiger partial charge >= 0.3 is 0 Å². The van der Waals surface area contributed by atoms with Crippen molar-refractivity contribution in [2.75, 3.05) is 26.8 Å². The van der Waals surface area contributed by atoms with Gasteiger partial charge in [0, 0.05) is 24.2 Å². The Morgan fingerprint density at radius 3 is 2.47 bits per heavy atom. The fraction of sp³-hybridized carbons (Fsp3) is 0.391. The zero-order chi connectivity index (χ0) is 21.7. The Morgan fingerprint density at radius 1 is 1.10 bits per heavy atom. The molecule has 0 aliphatic carbocycles. The summed E-state index contributed by atoms with van der Waals surface area (Å²) in [7, 11) is 1.53. The van der Waals surface area contributed by atoms with Gasteiger partial charge in [-0.25, -0.2) is 0 Å². The molecule has 0 bridgehead atoms. The maximum atomic E-state index is 12.9. The Labute approximate surface area is 182 Å². The lowest BCUT2D eigenvalue weighted by Crippen LogP contribution is -2.47. The first-order valence-corrected chi connectivity index (χ1v) is 10.4. The molecule has 6 nitrogen and oxygen atoms in total. The van der Waals surface area contributed by atoms with Crippen molar-refractivity contribution in [2.45, 2.75) is 32.7 Å². The van der Waals surface area contributed by atoms with E-state index in [2.05, 4.69) is 5.32 Å². The molecule has 0 aromatic heterocycles. The SMILES string of the molecule is COc1ccc(Cl)cc1C(=O)N1CCC(NC(=O)COc2ccc(C)cc2C)CC1. The van der Waals surface area contributed by atoms with E-state index in [9.17, 15) is 9.59 Å². The number of amides is 2. The van der Waals surface area contributed by atoms with Crippen LogP contribution in [0.15, 0.2) is 36.4 Å². The van der Waals surface area contributed by atoms with Crippen molar-refractivity contribution in [3.8, 4) is 11.5 Å². The number of hydrogen-bond donors (Lipinski definition) is 1. The molecule has 2 aromatic rings. The van der Waals surface area contributed by atoms with Crippen molar-refractivity contribution in [3.63, 3.8) is 0 Å². The Bertz CT molecular complexity index is 923. The smallest absolute Gasteiger partial charge is 0.258 e. The van der Waals surface area contributed by atoms with Crippen LogP contribution in [0.25, 0.3) is 0 Å². The molecule has 160 valence electrons. The Morgan fingerprint density at radius 2 is 1.80 bits per heavy atom. The second kappa shape index (κ2) is 9.85. The van der Waals surface area contributed by atoms with Gasteiger partial charge < -0.3 is 19.7 Å². The average Bonchev–Trinajstić information content (AvgIpc) is 2.73. The topological polar surface area (TPSA) is 67.9 Å². The van der Waals surface area contributed by atoms with Crippen LogP contribution in [0.2, 0.25) is 5.02 Å². The molecular weight excluding hydrogens is 404 g/mol. The van der Waals surface area contributed by atoms with Gasteiger partial charge in [-0.1, -0.05) is 29.3 Å². The summed E-state index contributed by atoms with van der Waals surface area (Å²) in [5.74, 6) is 0.948. The van der Waals surface area contributed by atoms with E-state index in [1.165, 1.54) is 7.11 Å². The van der Waals surface area contributed by atoms with Crippen LogP contribution in [0.5, 0.6) is 11.5 Å². The molecular formula is C23H27ClN2O4. The standard InChI is InChI=1S/C23H27ClN2O4/c1-15-4-6-20(16(2)12-15)30-14-22(27)25-18-8-10-26(11-9-18)23(28)19-13-17(24)5-7-21(19)29-3/h4-7,12-13,18H,8-11,14H2,1-3H3,(H,25,27). The summed E-state index contributed by atoms with van der Waals surface area (Å²) in [6.07, 6.45) is 1.37. The summed E-state index contributed by atoms with van der Waals surface area (Å²) >= 11 is 6.04. The first kappa shape index (κ1) is 22.0. The number of carbonyl (C=O) groups is 2. The van der Waals surface area contributed by atoms with E-state index in [0.29, 0.717) is 48.0 Å². The van der Waals surface area contributed by atoms with Crippen LogP contribution in [-0.2, 0) is 4.79 Å². The molecule has 0 saturated carbocycles. The monoisotopic (exact) mass is 430 g/mol. The van der Waals surface area contributed by atoms with Crippen LogP contribution in [0, 0.1) is 13.8 Å². The van der Waals surface area contributed by atoms with E-state index >= 15 is 0 Å². The number of nitrogens with zero attached hydrogens (tertiary/aromatic N) is 1. The number of carbonyl (C=O) groups excluding carboxylic acids is 2. The van der Waals surface area contributed by atoms with E-state index in [4.69, 9.17) is 21.1 Å². The fourth-order valence-corrected chi connectivity index (χ4v) is 3.79. The summed E-state index contributed by atoms with van der Waals surface area (Å²) in [6.45, 7) is 5.06. The van der Waals surface area contributed by atoms with Gasteiger partial charge in [0.1, 0.15) is 11.5 Å². The molecule has 3 rings (SSSR count). The number of piperidine rings is 1. The van der Waals surface area contributed by atoms with Crippen molar-refractivity contribution < 1.29 is 19.1 Å². The van der Waals surface area contributed by atoms with Gasteiger partial charge in [0.2, 0.25) is 0 Å². The highest BCUT2D eigenvalue weighted by atomic mass is 35.5. The zero-order valence-electron chi connectivity index (χ0n) is 17.5. The van der Waals surface area contributed by atoms with Crippen molar-refractivity contribution in [1.29, 1.82) is 0 Å². The van der Waals surface area contributed by atoms with Crippen molar-refractivity contribution in [1.82, 2.24) is 10.2 Å². The number of methoxy groups -OCH3 is 1. The second-order valence-electron chi connectivity index (χ2n) is 7.54. The maximum Gasteiger partial charge on any atom is 0.258 e. The highest BCUT2D eigenvalue weighted by Gasteiger charge is 2.26. The molecule has 1 N–H and O–H groups in total. The predicted octanol–water partition coefficient (Wildman–Crippen LogP) is 3.77. The number of ether oxygens (including phenoxy) is 2. The third-order valence-corrected chi connectivity index (χ3v) is 5.46. The van der Waals surface area contributed by atoms with E-state index in [-0.39, 0.29) is 24.5 Å². The van der Waals surface area contributed by atoms with Crippen molar-refractivity contribution in [2.24, 2.45) is 0 Å². The highest BCUT2D eigenvalue weighted by Crippen LogP contribution is 2.25. The molecule has 1 aliphatic heterocycles. The number of hydrogen-bond acceptors (Lipinski definition) is 4. The summed E-state index contributed by atoms with van der Waals surface area (Å²) in [5.41, 5.74) is 2.61. The summed E-state index contributed by atoms with van der Waals surface area (Å²) in [5, 5.41) is 3.49. The van der Waals surface area contributed by atoms with Gasteiger partial charge in [0.15, 0.2) is 6.61 Å². The summed E-state index contributed by atoms with van der Waals surface area (Å²) in [6, 6.07) is 10.9. The minimum absolute atomic E-state index is 0.0190. The van der Waals surface area contributed by atoms with Crippen LogP contribution in [-0.4, -0.2) is 49.6 Å². The van der Waals surface area contributed by atoms with E-state index in [1.807, 2.05) is 32.0 Å². The maximum absolute atomic E-state index is 12.9. The molecule has 1 fully saturated rings. The zero-order valence-corrected chi connectivity index (χ0v) is 18.3. The van der Waals surface area contributed by atoms with E-state index in [0.717, 1.165) is 11.1 Å². The van der Waals surface area contributed by atoms with Crippen LogP contribution in [0.4, 0.5) is 0 Å². The van der Waals surface area contributed by atoms with Crippen LogP contribution in [0.3, 0.4) is 0 Å². The quantitative estimate of drug-likeness (QED) is 0.757. The van der Waals surface area contributed by atoms with Gasteiger partial charge in [0.25, 0.3) is 11.8 Å². The number of rotatable bonds is 6. The van der Waals surface area contributed by atoms with Crippen LogP contribution >= 0.6 is 11.6 Å². The minimum Gasteiger partial charge on any atom is -0.496 e. The summed E-state index contributed by atoms with van der Waals surface area (Å²) in [4.78, 5) is 26.9. The highest BCUT2D eigenvalue weighted by molar-refractivity contribution is 6.31. The first-order chi connectivity index (χ1) is 14.4. The average molecular weight is 431 g/mol. The van der Waals surface area contributed by atoms with Gasteiger partial charge in [-0.15, -0.1) is 0 Å². The third-order valence-electron chi connectivity index (χ3n) is 5.23. The van der Waals surface area contributed by atoms with Crippen molar-refractivity contribution in [3.05, 3.63) is 58.1 Å². The number of aryl methyl sites for hydroxylation is 2. The lowest BCUT2D eigenvalue weighted by molar-refractivity contribution is -0.124. The number of likely N-dealkylation sites (tertiary alicyclic amines) is 1. The van der Waals surface area contributed by atoms with Crippen LogP contribution < -0.4 is 14.8 Å². The molecule has 0 unspecified atom stereocenters. The molecule has 7 heteroatoms. The number of nitrogens with one attached hydrogen (secondary N) is 1. The molecule has 0 radical (unpaired) electrons. The largest absolute Gasteiger partial charge is 0.496 e. The van der Waals surface area contributed by atoms with Crippen LogP contribution in [0.1, 0.15) is 34.3 Å². The molecule has 30 heavy (non-hydrogen) atoms. The Hall–Kier alpha value is -2.73. The van der Waals surface area contributed by atoms with E-state index in [1.54, 1.807) is 23.1 Å². The Kier molecular flexibility index (Phi) is 7.21. The first-order valence-electron chi connectivity index (χ1n) is 9.99. The van der Waals surface area contributed by atoms with Gasteiger partial charge in [0.05, 0.1) is 12.7 Å². The number of halogens is 1. The number of benzene rings is 2. The Balaban J connectivity index is 1.49. The second-order valence-corrected chi connectivity index (χ2v) is 7.97. The normalized spacial score (nSPS) is 14.3. The lowest BCUT2D eigenvalue weighted by atomic mass is 10.0. The molecule has 1 aliphatic rings. The van der Waals surface area contributed by atoms with Gasteiger partial charge in [-0.3, -0.25) is 9.59 Å². The molecule has 2 amide bonds. The molecule has 1 saturated heterocycles. The molecule has 0 spiro atoms. The van der Waals surface area contributed by atoms with Crippen molar-refractivity contribution >= 4 is 23.4 Å². The molecule has 1 heterocycles. The molecule has 0 atom stereocenters. The summed E-state index contributed by atoms with van der Waals surface area (Å²) < 4.78 is 10.9. The molecule has 2 aromatic carbocycles. The van der Waals surface area contributed by atoms with Gasteiger partial charge in [-0.05, 0) is 56.5 Å². The fourth-order valence-electron chi connectivity index (χ4n) is 3.62. The lowest BCUT2D eigenvalue weighted by Gasteiger charge is -2.32. The minimum atomic E-state index is -0.156. The van der Waals surface area contributed by atoms with E-state index < -0.39 is 0 Å². The third kappa shape index (κ3) is 5.45. The predicted molar refractivity (Wildman–Crippen MR) is 116 cm³/mol.